The Morgan fingerprint density at radius 2 is 0.949 bits per heavy atom. The first-order chi connectivity index (χ1) is 19.4. The normalized spacial score (nSPS) is 13.5. The van der Waals surface area contributed by atoms with Crippen molar-refractivity contribution in [3.05, 3.63) is 174 Å². The summed E-state index contributed by atoms with van der Waals surface area (Å²) < 4.78 is 8.88. The van der Waals surface area contributed by atoms with Gasteiger partial charge in [0.1, 0.15) is 11.5 Å². The molecule has 0 amide bonds. The monoisotopic (exact) mass is 499 g/mol. The molecule has 0 saturated heterocycles. The van der Waals surface area contributed by atoms with Gasteiger partial charge in [-0.1, -0.05) is 115 Å². The van der Waals surface area contributed by atoms with Crippen molar-refractivity contribution in [1.82, 2.24) is 4.57 Å². The average molecular weight is 500 g/mol. The summed E-state index contributed by atoms with van der Waals surface area (Å²) in [7, 11) is 0. The number of hydrogen-bond donors (Lipinski definition) is 0. The van der Waals surface area contributed by atoms with Gasteiger partial charge in [0.25, 0.3) is 0 Å². The van der Waals surface area contributed by atoms with Crippen molar-refractivity contribution in [2.45, 2.75) is 5.41 Å². The molecular formula is C37H25NO. The summed E-state index contributed by atoms with van der Waals surface area (Å²) in [5, 5.41) is 2.52. The molecule has 0 bridgehead atoms. The van der Waals surface area contributed by atoms with E-state index in [1.165, 1.54) is 32.9 Å². The molecule has 0 atom stereocenters. The lowest BCUT2D eigenvalue weighted by Crippen LogP contribution is -2.34. The molecule has 2 heterocycles. The Morgan fingerprint density at radius 1 is 0.436 bits per heavy atom. The molecule has 7 aromatic rings. The Balaban J connectivity index is 1.49. The van der Waals surface area contributed by atoms with Gasteiger partial charge in [-0.2, -0.15) is 0 Å². The third kappa shape index (κ3) is 3.09. The van der Waals surface area contributed by atoms with Crippen molar-refractivity contribution >= 4 is 21.8 Å². The summed E-state index contributed by atoms with van der Waals surface area (Å²) in [6.45, 7) is 0. The van der Waals surface area contributed by atoms with Crippen LogP contribution in [0, 0.1) is 0 Å². The number of aromatic nitrogens is 1. The second-order valence-electron chi connectivity index (χ2n) is 10.1. The van der Waals surface area contributed by atoms with E-state index in [-0.39, 0.29) is 0 Å². The molecule has 1 aromatic heterocycles. The van der Waals surface area contributed by atoms with Crippen LogP contribution < -0.4 is 4.74 Å². The predicted molar refractivity (Wildman–Crippen MR) is 159 cm³/mol. The van der Waals surface area contributed by atoms with Crippen LogP contribution in [0.15, 0.2) is 152 Å². The quantitative estimate of drug-likeness (QED) is 0.236. The zero-order chi connectivity index (χ0) is 25.8. The highest BCUT2D eigenvalue weighted by Crippen LogP contribution is 2.55. The molecule has 0 unspecified atom stereocenters. The number of benzene rings is 6. The molecule has 0 fully saturated rings. The van der Waals surface area contributed by atoms with Gasteiger partial charge >= 0.3 is 0 Å². The highest BCUT2D eigenvalue weighted by Gasteiger charge is 2.45. The van der Waals surface area contributed by atoms with Crippen molar-refractivity contribution in [3.63, 3.8) is 0 Å². The fourth-order valence-electron chi connectivity index (χ4n) is 6.55. The largest absolute Gasteiger partial charge is 0.457 e. The molecule has 1 aliphatic rings. The molecule has 0 saturated carbocycles. The Hall–Kier alpha value is -5.08. The van der Waals surface area contributed by atoms with Crippen LogP contribution in [0.3, 0.4) is 0 Å². The first-order valence-corrected chi connectivity index (χ1v) is 13.4. The van der Waals surface area contributed by atoms with E-state index in [0.717, 1.165) is 28.3 Å². The van der Waals surface area contributed by atoms with Crippen LogP contribution in [0.4, 0.5) is 0 Å². The van der Waals surface area contributed by atoms with Crippen molar-refractivity contribution in [3.8, 4) is 17.2 Å². The zero-order valence-electron chi connectivity index (χ0n) is 21.3. The summed E-state index contributed by atoms with van der Waals surface area (Å²) in [5.41, 5.74) is 7.73. The van der Waals surface area contributed by atoms with E-state index < -0.39 is 5.41 Å². The van der Waals surface area contributed by atoms with Crippen molar-refractivity contribution in [1.29, 1.82) is 0 Å². The highest BCUT2D eigenvalue weighted by molar-refractivity contribution is 6.09. The second kappa shape index (κ2) is 8.47. The SMILES string of the molecule is c1ccc(C2(c3cccc(-n4c5ccccc5c5ccccc54)c3)c3ccccc3Oc3ccccc32)cc1. The molecule has 0 N–H and O–H groups in total. The van der Waals surface area contributed by atoms with Gasteiger partial charge in [0.15, 0.2) is 0 Å². The molecule has 184 valence electrons. The van der Waals surface area contributed by atoms with E-state index in [2.05, 4.69) is 156 Å². The molecule has 0 radical (unpaired) electrons. The molecule has 0 spiro atoms. The summed E-state index contributed by atoms with van der Waals surface area (Å²) >= 11 is 0. The predicted octanol–water partition coefficient (Wildman–Crippen LogP) is 9.27. The van der Waals surface area contributed by atoms with Crippen molar-refractivity contribution in [2.75, 3.05) is 0 Å². The van der Waals surface area contributed by atoms with Gasteiger partial charge in [-0.05, 0) is 47.5 Å². The first kappa shape index (κ1) is 22.0. The van der Waals surface area contributed by atoms with E-state index in [9.17, 15) is 0 Å². The Labute approximate surface area is 227 Å². The highest BCUT2D eigenvalue weighted by atomic mass is 16.5. The van der Waals surface area contributed by atoms with E-state index >= 15 is 0 Å². The van der Waals surface area contributed by atoms with Gasteiger partial charge in [-0.15, -0.1) is 0 Å². The van der Waals surface area contributed by atoms with Crippen LogP contribution in [-0.4, -0.2) is 4.57 Å². The van der Waals surface area contributed by atoms with Crippen LogP contribution in [-0.2, 0) is 5.41 Å². The summed E-state index contributed by atoms with van der Waals surface area (Å²) in [4.78, 5) is 0. The summed E-state index contributed by atoms with van der Waals surface area (Å²) in [6.07, 6.45) is 0. The second-order valence-corrected chi connectivity index (χ2v) is 10.1. The van der Waals surface area contributed by atoms with E-state index in [4.69, 9.17) is 4.74 Å². The van der Waals surface area contributed by atoms with Gasteiger partial charge in [0.2, 0.25) is 0 Å². The number of para-hydroxylation sites is 4. The molecule has 2 heteroatoms. The van der Waals surface area contributed by atoms with Gasteiger partial charge in [0.05, 0.1) is 16.4 Å². The lowest BCUT2D eigenvalue weighted by Gasteiger charge is -2.41. The molecule has 2 nitrogen and oxygen atoms in total. The van der Waals surface area contributed by atoms with Gasteiger partial charge in [0, 0.05) is 27.6 Å². The fourth-order valence-corrected chi connectivity index (χ4v) is 6.55. The maximum atomic E-state index is 6.49. The molecule has 1 aliphatic heterocycles. The van der Waals surface area contributed by atoms with Crippen LogP contribution in [0.2, 0.25) is 0 Å². The van der Waals surface area contributed by atoms with Gasteiger partial charge in [-0.25, -0.2) is 0 Å². The van der Waals surface area contributed by atoms with Crippen LogP contribution in [0.5, 0.6) is 11.5 Å². The number of fused-ring (bicyclic) bond motifs is 5. The number of nitrogens with zero attached hydrogens (tertiary/aromatic N) is 1. The molecule has 39 heavy (non-hydrogen) atoms. The van der Waals surface area contributed by atoms with Crippen molar-refractivity contribution < 1.29 is 4.74 Å². The topological polar surface area (TPSA) is 14.2 Å². The van der Waals surface area contributed by atoms with Crippen LogP contribution >= 0.6 is 0 Å². The lowest BCUT2D eigenvalue weighted by molar-refractivity contribution is 0.434. The summed E-state index contributed by atoms with van der Waals surface area (Å²) in [6, 6.07) is 54.2. The minimum Gasteiger partial charge on any atom is -0.457 e. The average Bonchev–Trinajstić information content (AvgIpc) is 3.35. The maximum absolute atomic E-state index is 6.49. The van der Waals surface area contributed by atoms with E-state index in [0.29, 0.717) is 0 Å². The first-order valence-electron chi connectivity index (χ1n) is 13.4. The van der Waals surface area contributed by atoms with Crippen LogP contribution in [0.25, 0.3) is 27.5 Å². The number of rotatable bonds is 3. The molecule has 0 aliphatic carbocycles. The third-order valence-corrected chi connectivity index (χ3v) is 8.13. The van der Waals surface area contributed by atoms with Crippen LogP contribution in [0.1, 0.15) is 22.3 Å². The zero-order valence-corrected chi connectivity index (χ0v) is 21.3. The minimum absolute atomic E-state index is 0.540. The van der Waals surface area contributed by atoms with E-state index in [1.807, 2.05) is 0 Å². The van der Waals surface area contributed by atoms with E-state index in [1.54, 1.807) is 0 Å². The van der Waals surface area contributed by atoms with Crippen molar-refractivity contribution in [2.24, 2.45) is 0 Å². The molecular weight excluding hydrogens is 474 g/mol. The number of hydrogen-bond acceptors (Lipinski definition) is 1. The standard InChI is InChI=1S/C37H25NO/c1-2-13-26(14-3-1)37(31-19-6-10-23-35(31)39-36-24-11-7-20-32(36)37)27-15-12-16-28(25-27)38-33-21-8-4-17-29(33)30-18-5-9-22-34(30)38/h1-25H. The Morgan fingerprint density at radius 3 is 1.59 bits per heavy atom. The Kier molecular flexibility index (Phi) is 4.77. The smallest absolute Gasteiger partial charge is 0.132 e. The fraction of sp³-hybridized carbons (Fsp3) is 0.0270. The summed E-state index contributed by atoms with van der Waals surface area (Å²) in [5.74, 6) is 1.78. The molecule has 6 aromatic carbocycles. The van der Waals surface area contributed by atoms with Gasteiger partial charge in [-0.3, -0.25) is 0 Å². The number of ether oxygens (including phenoxy) is 1. The maximum Gasteiger partial charge on any atom is 0.132 e. The molecule has 8 rings (SSSR count). The Bertz CT molecular complexity index is 1900. The third-order valence-electron chi connectivity index (χ3n) is 8.13. The minimum atomic E-state index is -0.540. The lowest BCUT2D eigenvalue weighted by atomic mass is 9.63. The van der Waals surface area contributed by atoms with Gasteiger partial charge < -0.3 is 9.30 Å².